The highest BCUT2D eigenvalue weighted by Crippen LogP contribution is 2.50. The third-order valence-electron chi connectivity index (χ3n) is 2.79. The molecular weight excluding hydrogens is 219 g/mol. The van der Waals surface area contributed by atoms with Crippen LogP contribution in [0.3, 0.4) is 0 Å². The molecule has 0 saturated carbocycles. The Labute approximate surface area is 92.0 Å². The van der Waals surface area contributed by atoms with Gasteiger partial charge in [0.1, 0.15) is 7.58 Å². The van der Waals surface area contributed by atoms with Crippen molar-refractivity contribution < 1.29 is 4.74 Å². The van der Waals surface area contributed by atoms with E-state index in [1.54, 1.807) is 0 Å². The summed E-state index contributed by atoms with van der Waals surface area (Å²) in [6.45, 7) is 6.08. The van der Waals surface area contributed by atoms with Gasteiger partial charge in [-0.2, -0.15) is 0 Å². The number of nitrogens with zero attached hydrogens (tertiary/aromatic N) is 2. The van der Waals surface area contributed by atoms with Gasteiger partial charge < -0.3 is 4.74 Å². The zero-order chi connectivity index (χ0) is 9.80. The van der Waals surface area contributed by atoms with Gasteiger partial charge in [-0.1, -0.05) is 17.7 Å². The van der Waals surface area contributed by atoms with Gasteiger partial charge in [-0.3, -0.25) is 9.34 Å². The van der Waals surface area contributed by atoms with Crippen molar-refractivity contribution in [3.8, 4) is 0 Å². The lowest BCUT2D eigenvalue weighted by Gasteiger charge is -2.38. The molecule has 0 N–H and O–H groups in total. The molecule has 2 rings (SSSR count). The predicted octanol–water partition coefficient (Wildman–Crippen LogP) is 2.27. The first-order chi connectivity index (χ1) is 6.88. The van der Waals surface area contributed by atoms with Crippen LogP contribution in [0.2, 0.25) is 0 Å². The Morgan fingerprint density at radius 3 is 2.07 bits per heavy atom. The van der Waals surface area contributed by atoms with E-state index in [2.05, 4.69) is 9.34 Å². The molecule has 1 atom stereocenters. The second-order valence-electron chi connectivity index (χ2n) is 3.82. The Morgan fingerprint density at radius 1 is 0.857 bits per heavy atom. The Morgan fingerprint density at radius 2 is 1.43 bits per heavy atom. The quantitative estimate of drug-likeness (QED) is 0.684. The lowest BCUT2D eigenvalue weighted by molar-refractivity contribution is 0.0731. The van der Waals surface area contributed by atoms with Crippen molar-refractivity contribution in [1.29, 1.82) is 0 Å². The second-order valence-corrected chi connectivity index (χ2v) is 6.34. The largest absolute Gasteiger partial charge is 0.379 e. The average Bonchev–Trinajstić information content (AvgIpc) is 2.30. The fourth-order valence-electron chi connectivity index (χ4n) is 1.94. The Balaban J connectivity index is 1.82. The van der Waals surface area contributed by atoms with E-state index >= 15 is 0 Å². The van der Waals surface area contributed by atoms with Crippen LogP contribution in [-0.4, -0.2) is 48.7 Å². The van der Waals surface area contributed by atoms with E-state index in [1.165, 1.54) is 32.4 Å². The molecular formula is C9H18ClN2OP. The standard InChI is InChI=1S/C9H18ClN2OP/c10-14(11-4-2-1-3-5-11)12-6-8-13-9-7-12/h1-9H2. The highest BCUT2D eigenvalue weighted by Gasteiger charge is 2.26. The monoisotopic (exact) mass is 236 g/mol. The van der Waals surface area contributed by atoms with E-state index in [-0.39, 0.29) is 0 Å². The van der Waals surface area contributed by atoms with Crippen molar-refractivity contribution in [3.63, 3.8) is 0 Å². The van der Waals surface area contributed by atoms with Crippen LogP contribution in [0.4, 0.5) is 0 Å². The molecule has 2 aliphatic heterocycles. The van der Waals surface area contributed by atoms with Crippen LogP contribution in [0.5, 0.6) is 0 Å². The number of halogens is 1. The van der Waals surface area contributed by atoms with Gasteiger partial charge in [-0.15, -0.1) is 0 Å². The summed E-state index contributed by atoms with van der Waals surface area (Å²) in [4.78, 5) is 0. The summed E-state index contributed by atoms with van der Waals surface area (Å²) >= 11 is 6.50. The molecule has 0 radical (unpaired) electrons. The topological polar surface area (TPSA) is 15.7 Å². The van der Waals surface area contributed by atoms with Crippen molar-refractivity contribution in [1.82, 2.24) is 9.34 Å². The van der Waals surface area contributed by atoms with E-state index in [0.29, 0.717) is 0 Å². The van der Waals surface area contributed by atoms with E-state index in [0.717, 1.165) is 26.3 Å². The zero-order valence-electron chi connectivity index (χ0n) is 8.49. The fraction of sp³-hybridized carbons (Fsp3) is 1.00. The Kier molecular flexibility index (Phi) is 4.45. The second kappa shape index (κ2) is 5.62. The van der Waals surface area contributed by atoms with Crippen molar-refractivity contribution in [3.05, 3.63) is 0 Å². The van der Waals surface area contributed by atoms with Crippen molar-refractivity contribution in [2.24, 2.45) is 0 Å². The molecule has 0 spiro atoms. The van der Waals surface area contributed by atoms with Crippen molar-refractivity contribution in [2.45, 2.75) is 19.3 Å². The molecule has 0 aromatic carbocycles. The lowest BCUT2D eigenvalue weighted by atomic mass is 10.2. The molecule has 2 saturated heterocycles. The highest BCUT2D eigenvalue weighted by atomic mass is 35.7. The SMILES string of the molecule is ClP(N1CCCCC1)N1CCOCC1. The molecule has 2 aliphatic rings. The number of ether oxygens (including phenoxy) is 1. The highest BCUT2D eigenvalue weighted by molar-refractivity contribution is 7.80. The van der Waals surface area contributed by atoms with E-state index in [4.69, 9.17) is 16.0 Å². The Hall–Kier alpha value is 0.600. The summed E-state index contributed by atoms with van der Waals surface area (Å²) in [7, 11) is -0.558. The fourth-order valence-corrected chi connectivity index (χ4v) is 4.31. The van der Waals surface area contributed by atoms with Gasteiger partial charge in [-0.25, -0.2) is 0 Å². The van der Waals surface area contributed by atoms with Gasteiger partial charge in [0, 0.05) is 26.2 Å². The minimum atomic E-state index is -0.558. The Bertz CT molecular complexity index is 154. The predicted molar refractivity (Wildman–Crippen MR) is 60.6 cm³/mol. The van der Waals surface area contributed by atoms with Gasteiger partial charge in [0.2, 0.25) is 0 Å². The number of piperidine rings is 1. The van der Waals surface area contributed by atoms with E-state index in [1.807, 2.05) is 0 Å². The van der Waals surface area contributed by atoms with Gasteiger partial charge >= 0.3 is 0 Å². The molecule has 3 nitrogen and oxygen atoms in total. The minimum absolute atomic E-state index is 0.558. The molecule has 82 valence electrons. The average molecular weight is 237 g/mol. The van der Waals surface area contributed by atoms with E-state index in [9.17, 15) is 0 Å². The molecule has 0 bridgehead atoms. The van der Waals surface area contributed by atoms with Crippen molar-refractivity contribution >= 4 is 18.8 Å². The third kappa shape index (κ3) is 2.80. The number of hydrogen-bond donors (Lipinski definition) is 0. The molecule has 2 heterocycles. The van der Waals surface area contributed by atoms with Crippen LogP contribution in [0, 0.1) is 0 Å². The van der Waals surface area contributed by atoms with Crippen LogP contribution in [0.15, 0.2) is 0 Å². The van der Waals surface area contributed by atoms with Crippen LogP contribution in [0.1, 0.15) is 19.3 Å². The summed E-state index contributed by atoms with van der Waals surface area (Å²) in [5, 5.41) is 0. The van der Waals surface area contributed by atoms with Crippen LogP contribution >= 0.6 is 18.8 Å². The van der Waals surface area contributed by atoms with E-state index < -0.39 is 7.58 Å². The normalized spacial score (nSPS) is 28.9. The maximum atomic E-state index is 6.50. The minimum Gasteiger partial charge on any atom is -0.379 e. The molecule has 2 fully saturated rings. The summed E-state index contributed by atoms with van der Waals surface area (Å²) in [5.41, 5.74) is 0. The molecule has 0 aliphatic carbocycles. The van der Waals surface area contributed by atoms with Gasteiger partial charge in [-0.05, 0) is 12.8 Å². The van der Waals surface area contributed by atoms with Crippen LogP contribution in [-0.2, 0) is 4.74 Å². The summed E-state index contributed by atoms with van der Waals surface area (Å²) in [6.07, 6.45) is 4.01. The van der Waals surface area contributed by atoms with Gasteiger partial charge in [0.25, 0.3) is 0 Å². The number of morpholine rings is 1. The molecule has 14 heavy (non-hydrogen) atoms. The van der Waals surface area contributed by atoms with Gasteiger partial charge in [0.05, 0.1) is 13.2 Å². The van der Waals surface area contributed by atoms with Crippen molar-refractivity contribution in [2.75, 3.05) is 39.4 Å². The zero-order valence-corrected chi connectivity index (χ0v) is 10.1. The smallest absolute Gasteiger partial charge is 0.140 e. The van der Waals surface area contributed by atoms with Gasteiger partial charge in [0.15, 0.2) is 0 Å². The molecule has 0 aromatic rings. The summed E-state index contributed by atoms with van der Waals surface area (Å²) < 4.78 is 10.2. The van der Waals surface area contributed by atoms with Crippen LogP contribution in [0.25, 0.3) is 0 Å². The molecule has 5 heteroatoms. The van der Waals surface area contributed by atoms with Crippen LogP contribution < -0.4 is 0 Å². The maximum absolute atomic E-state index is 6.50. The molecule has 0 amide bonds. The maximum Gasteiger partial charge on any atom is 0.140 e. The lowest BCUT2D eigenvalue weighted by Crippen LogP contribution is -2.37. The summed E-state index contributed by atoms with van der Waals surface area (Å²) in [5.74, 6) is 0. The first-order valence-electron chi connectivity index (χ1n) is 5.41. The number of rotatable bonds is 2. The summed E-state index contributed by atoms with van der Waals surface area (Å²) in [6, 6.07) is 0. The third-order valence-corrected chi connectivity index (χ3v) is 5.80. The first kappa shape index (κ1) is 11.1. The number of hydrogen-bond acceptors (Lipinski definition) is 3. The molecule has 1 unspecified atom stereocenters. The molecule has 0 aromatic heterocycles. The first-order valence-corrected chi connectivity index (χ1v) is 7.56.